The molecule has 0 saturated carbocycles. The van der Waals surface area contributed by atoms with Crippen molar-refractivity contribution in [3.8, 4) is 0 Å². The van der Waals surface area contributed by atoms with Crippen LogP contribution in [0.5, 0.6) is 0 Å². The lowest BCUT2D eigenvalue weighted by Crippen LogP contribution is -2.45. The van der Waals surface area contributed by atoms with E-state index >= 15 is 0 Å². The van der Waals surface area contributed by atoms with Gasteiger partial charge in [-0.1, -0.05) is 54.1 Å². The third kappa shape index (κ3) is 3.12. The van der Waals surface area contributed by atoms with Crippen LogP contribution in [0.2, 0.25) is 5.02 Å². The maximum Gasteiger partial charge on any atom is 0.0406 e. The van der Waals surface area contributed by atoms with Crippen LogP contribution >= 0.6 is 11.6 Å². The van der Waals surface area contributed by atoms with Gasteiger partial charge >= 0.3 is 0 Å². The van der Waals surface area contributed by atoms with Crippen LogP contribution in [-0.2, 0) is 6.42 Å². The molecule has 2 aliphatic heterocycles. The average molecular weight is 340 g/mol. The van der Waals surface area contributed by atoms with E-state index in [1.54, 1.807) is 0 Å². The van der Waals surface area contributed by atoms with E-state index in [-0.39, 0.29) is 0 Å². The van der Waals surface area contributed by atoms with Gasteiger partial charge in [0.25, 0.3) is 0 Å². The highest BCUT2D eigenvalue weighted by Gasteiger charge is 2.45. The normalized spacial score (nSPS) is 29.8. The van der Waals surface area contributed by atoms with E-state index in [4.69, 9.17) is 11.6 Å². The zero-order valence-electron chi connectivity index (χ0n) is 14.4. The number of fused-ring (bicyclic) bond motifs is 2. The molecule has 0 spiro atoms. The van der Waals surface area contributed by atoms with Gasteiger partial charge < -0.3 is 4.90 Å². The first kappa shape index (κ1) is 16.2. The molecule has 2 aromatic carbocycles. The number of rotatable bonds is 4. The third-order valence-corrected chi connectivity index (χ3v) is 6.59. The lowest BCUT2D eigenvalue weighted by atomic mass is 9.73. The maximum atomic E-state index is 6.11. The molecule has 0 aliphatic carbocycles. The zero-order valence-corrected chi connectivity index (χ0v) is 15.1. The number of benzene rings is 2. The minimum Gasteiger partial charge on any atom is -0.300 e. The van der Waals surface area contributed by atoms with Gasteiger partial charge in [0.15, 0.2) is 0 Å². The smallest absolute Gasteiger partial charge is 0.0406 e. The Morgan fingerprint density at radius 3 is 2.50 bits per heavy atom. The van der Waals surface area contributed by atoms with E-state index in [1.807, 2.05) is 0 Å². The molecule has 0 radical (unpaired) electrons. The molecule has 2 fully saturated rings. The maximum absolute atomic E-state index is 6.11. The molecule has 2 aromatic rings. The molecule has 4 atom stereocenters. The molecule has 0 unspecified atom stereocenters. The summed E-state index contributed by atoms with van der Waals surface area (Å²) in [7, 11) is 2.34. The Labute approximate surface area is 150 Å². The van der Waals surface area contributed by atoms with Crippen molar-refractivity contribution in [2.45, 2.75) is 50.1 Å². The second-order valence-corrected chi connectivity index (χ2v) is 7.98. The summed E-state index contributed by atoms with van der Waals surface area (Å²) in [6, 6.07) is 21.1. The topological polar surface area (TPSA) is 3.24 Å². The summed E-state index contributed by atoms with van der Waals surface area (Å²) in [5.74, 6) is 1.43. The van der Waals surface area contributed by atoms with Gasteiger partial charge in [0, 0.05) is 17.1 Å². The van der Waals surface area contributed by atoms with Crippen LogP contribution < -0.4 is 0 Å². The monoisotopic (exact) mass is 339 g/mol. The fourth-order valence-corrected chi connectivity index (χ4v) is 5.17. The molecule has 2 aliphatic rings. The molecule has 1 nitrogen and oxygen atoms in total. The molecule has 2 heteroatoms. The van der Waals surface area contributed by atoms with Crippen LogP contribution in [0.25, 0.3) is 0 Å². The molecule has 0 aromatic heterocycles. The highest BCUT2D eigenvalue weighted by molar-refractivity contribution is 6.30. The standard InChI is InChI=1S/C22H26ClN/c1-24-19-12-14-22(24)20(13-7-16-5-3-2-4-6-16)21(15-19)17-8-10-18(23)11-9-17/h2-6,8-11,19-22H,7,12-15H2,1H3/t19-,20-,21+,22+/m0/s1. The minimum atomic E-state index is 0.680. The number of hydrogen-bond acceptors (Lipinski definition) is 1. The van der Waals surface area contributed by atoms with Gasteiger partial charge in [0.05, 0.1) is 0 Å². The van der Waals surface area contributed by atoms with Gasteiger partial charge in [0.1, 0.15) is 0 Å². The number of halogens is 1. The predicted octanol–water partition coefficient (Wildman–Crippen LogP) is 5.54. The Balaban J connectivity index is 1.57. The molecular weight excluding hydrogens is 314 g/mol. The van der Waals surface area contributed by atoms with Crippen molar-refractivity contribution in [3.05, 3.63) is 70.7 Å². The zero-order chi connectivity index (χ0) is 16.5. The van der Waals surface area contributed by atoms with Crippen molar-refractivity contribution in [2.24, 2.45) is 5.92 Å². The first-order valence-electron chi connectivity index (χ1n) is 9.23. The summed E-state index contributed by atoms with van der Waals surface area (Å²) in [5, 5.41) is 0.843. The summed E-state index contributed by atoms with van der Waals surface area (Å²) in [6.45, 7) is 0. The third-order valence-electron chi connectivity index (χ3n) is 6.34. The quantitative estimate of drug-likeness (QED) is 0.707. The van der Waals surface area contributed by atoms with Crippen molar-refractivity contribution in [1.82, 2.24) is 4.90 Å². The highest BCUT2D eigenvalue weighted by Crippen LogP contribution is 2.47. The number of hydrogen-bond donors (Lipinski definition) is 0. The van der Waals surface area contributed by atoms with Crippen molar-refractivity contribution >= 4 is 11.6 Å². The first-order valence-corrected chi connectivity index (χ1v) is 9.61. The van der Waals surface area contributed by atoms with E-state index in [1.165, 1.54) is 43.2 Å². The largest absolute Gasteiger partial charge is 0.300 e. The summed E-state index contributed by atoms with van der Waals surface area (Å²) in [5.41, 5.74) is 2.96. The molecular formula is C22H26ClN. The molecule has 4 rings (SSSR count). The van der Waals surface area contributed by atoms with Gasteiger partial charge in [-0.3, -0.25) is 0 Å². The van der Waals surface area contributed by atoms with Crippen LogP contribution in [-0.4, -0.2) is 24.0 Å². The SMILES string of the molecule is CN1[C@H]2CC[C@@H]1[C@@H](CCc1ccccc1)[C@@H](c1ccc(Cl)cc1)C2. The second-order valence-electron chi connectivity index (χ2n) is 7.55. The summed E-state index contributed by atoms with van der Waals surface area (Å²) < 4.78 is 0. The Hall–Kier alpha value is -1.31. The van der Waals surface area contributed by atoms with Gasteiger partial charge in [-0.05, 0) is 74.2 Å². The van der Waals surface area contributed by atoms with Crippen LogP contribution in [0.15, 0.2) is 54.6 Å². The van der Waals surface area contributed by atoms with Crippen molar-refractivity contribution in [2.75, 3.05) is 7.05 Å². The number of aryl methyl sites for hydroxylation is 1. The Morgan fingerprint density at radius 1 is 1.00 bits per heavy atom. The summed E-state index contributed by atoms with van der Waals surface area (Å²) in [6.07, 6.45) is 6.50. The van der Waals surface area contributed by atoms with Crippen molar-refractivity contribution in [1.29, 1.82) is 0 Å². The van der Waals surface area contributed by atoms with Gasteiger partial charge in [-0.25, -0.2) is 0 Å². The molecule has 126 valence electrons. The Kier molecular flexibility index (Phi) is 4.65. The summed E-state index contributed by atoms with van der Waals surface area (Å²) >= 11 is 6.11. The lowest BCUT2D eigenvalue weighted by molar-refractivity contribution is 0.0947. The Bertz CT molecular complexity index is 666. The molecule has 2 bridgehead atoms. The Morgan fingerprint density at radius 2 is 1.75 bits per heavy atom. The summed E-state index contributed by atoms with van der Waals surface area (Å²) in [4.78, 5) is 2.67. The van der Waals surface area contributed by atoms with Gasteiger partial charge in [0.2, 0.25) is 0 Å². The average Bonchev–Trinajstić information content (AvgIpc) is 2.86. The van der Waals surface area contributed by atoms with Crippen molar-refractivity contribution in [3.63, 3.8) is 0 Å². The molecule has 24 heavy (non-hydrogen) atoms. The van der Waals surface area contributed by atoms with Gasteiger partial charge in [-0.15, -0.1) is 0 Å². The van der Waals surface area contributed by atoms with E-state index in [9.17, 15) is 0 Å². The molecule has 0 N–H and O–H groups in total. The fraction of sp³-hybridized carbons (Fsp3) is 0.455. The number of nitrogens with zero attached hydrogens (tertiary/aromatic N) is 1. The van der Waals surface area contributed by atoms with Crippen LogP contribution in [0, 0.1) is 5.92 Å². The second kappa shape index (κ2) is 6.90. The number of piperidine rings is 1. The minimum absolute atomic E-state index is 0.680. The fourth-order valence-electron chi connectivity index (χ4n) is 5.04. The predicted molar refractivity (Wildman–Crippen MR) is 102 cm³/mol. The van der Waals surface area contributed by atoms with E-state index in [0.717, 1.165) is 23.0 Å². The molecule has 0 amide bonds. The van der Waals surface area contributed by atoms with Crippen LogP contribution in [0.4, 0.5) is 0 Å². The molecule has 2 heterocycles. The van der Waals surface area contributed by atoms with Gasteiger partial charge in [-0.2, -0.15) is 0 Å². The lowest BCUT2D eigenvalue weighted by Gasteiger charge is -2.43. The van der Waals surface area contributed by atoms with Crippen LogP contribution in [0.3, 0.4) is 0 Å². The highest BCUT2D eigenvalue weighted by atomic mass is 35.5. The van der Waals surface area contributed by atoms with E-state index in [0.29, 0.717) is 5.92 Å². The van der Waals surface area contributed by atoms with E-state index < -0.39 is 0 Å². The van der Waals surface area contributed by atoms with Crippen LogP contribution in [0.1, 0.15) is 42.7 Å². The molecule has 2 saturated heterocycles. The first-order chi connectivity index (χ1) is 11.7. The van der Waals surface area contributed by atoms with Crippen molar-refractivity contribution < 1.29 is 0 Å². The van der Waals surface area contributed by atoms with E-state index in [2.05, 4.69) is 66.5 Å².